The highest BCUT2D eigenvalue weighted by Gasteiger charge is 2.15. The Morgan fingerprint density at radius 3 is 2.85 bits per heavy atom. The molecular formula is C15H18ClNO3. The molecule has 0 unspecified atom stereocenters. The third kappa shape index (κ3) is 3.54. The van der Waals surface area contributed by atoms with Crippen molar-refractivity contribution >= 4 is 11.6 Å². The van der Waals surface area contributed by atoms with E-state index in [1.165, 1.54) is 0 Å². The van der Waals surface area contributed by atoms with Crippen molar-refractivity contribution in [2.75, 3.05) is 13.7 Å². The van der Waals surface area contributed by atoms with Gasteiger partial charge in [0.2, 0.25) is 0 Å². The van der Waals surface area contributed by atoms with Gasteiger partial charge < -0.3 is 19.6 Å². The maximum absolute atomic E-state index is 9.97. The van der Waals surface area contributed by atoms with Crippen molar-refractivity contribution in [3.05, 3.63) is 52.9 Å². The molecule has 0 aliphatic carbocycles. The summed E-state index contributed by atoms with van der Waals surface area (Å²) in [5, 5.41) is 13.9. The summed E-state index contributed by atoms with van der Waals surface area (Å²) in [7, 11) is 1.62. The zero-order valence-corrected chi connectivity index (χ0v) is 12.2. The Hall–Kier alpha value is -1.49. The summed E-state index contributed by atoms with van der Waals surface area (Å²) >= 11 is 6.01. The van der Waals surface area contributed by atoms with Gasteiger partial charge in [0.05, 0.1) is 13.4 Å². The van der Waals surface area contributed by atoms with E-state index in [1.807, 2.05) is 19.1 Å². The van der Waals surface area contributed by atoms with Crippen LogP contribution in [0.4, 0.5) is 0 Å². The molecular weight excluding hydrogens is 278 g/mol. The van der Waals surface area contributed by atoms with Crippen LogP contribution >= 0.6 is 11.6 Å². The number of halogens is 1. The van der Waals surface area contributed by atoms with E-state index in [9.17, 15) is 5.11 Å². The van der Waals surface area contributed by atoms with Crippen molar-refractivity contribution in [1.29, 1.82) is 0 Å². The van der Waals surface area contributed by atoms with E-state index in [2.05, 4.69) is 5.32 Å². The minimum Gasteiger partial charge on any atom is -0.496 e. The Kier molecular flexibility index (Phi) is 5.06. The van der Waals surface area contributed by atoms with Gasteiger partial charge in [-0.3, -0.25) is 0 Å². The largest absolute Gasteiger partial charge is 0.496 e. The Morgan fingerprint density at radius 2 is 2.20 bits per heavy atom. The van der Waals surface area contributed by atoms with Crippen LogP contribution in [-0.4, -0.2) is 18.8 Å². The molecule has 1 aromatic heterocycles. The van der Waals surface area contributed by atoms with Crippen molar-refractivity contribution in [2.24, 2.45) is 0 Å². The lowest BCUT2D eigenvalue weighted by Crippen LogP contribution is -2.24. The Labute approximate surface area is 123 Å². The first kappa shape index (κ1) is 14.9. The van der Waals surface area contributed by atoms with Gasteiger partial charge in [0.1, 0.15) is 17.6 Å². The molecule has 1 heterocycles. The van der Waals surface area contributed by atoms with E-state index in [1.54, 1.807) is 31.6 Å². The summed E-state index contributed by atoms with van der Waals surface area (Å²) in [6.45, 7) is 2.37. The first-order valence-electron chi connectivity index (χ1n) is 6.40. The van der Waals surface area contributed by atoms with Crippen LogP contribution in [0.2, 0.25) is 5.02 Å². The second-order valence-electron chi connectivity index (χ2n) is 4.55. The maximum Gasteiger partial charge on any atom is 0.133 e. The number of benzene rings is 1. The summed E-state index contributed by atoms with van der Waals surface area (Å²) in [5.74, 6) is 1.31. The monoisotopic (exact) mass is 295 g/mol. The summed E-state index contributed by atoms with van der Waals surface area (Å²) in [5.41, 5.74) is 0.951. The third-order valence-electron chi connectivity index (χ3n) is 3.15. The molecule has 0 spiro atoms. The molecule has 1 aromatic carbocycles. The highest BCUT2D eigenvalue weighted by atomic mass is 35.5. The molecule has 2 aromatic rings. The van der Waals surface area contributed by atoms with Crippen molar-refractivity contribution in [1.82, 2.24) is 5.32 Å². The highest BCUT2D eigenvalue weighted by Crippen LogP contribution is 2.28. The van der Waals surface area contributed by atoms with Crippen LogP contribution < -0.4 is 10.1 Å². The molecule has 0 fully saturated rings. The van der Waals surface area contributed by atoms with Gasteiger partial charge in [-0.15, -0.1) is 0 Å². The van der Waals surface area contributed by atoms with E-state index in [0.29, 0.717) is 17.3 Å². The average molecular weight is 296 g/mol. The topological polar surface area (TPSA) is 54.6 Å². The summed E-state index contributed by atoms with van der Waals surface area (Å²) in [6.07, 6.45) is 0.861. The molecule has 0 radical (unpaired) electrons. The summed E-state index contributed by atoms with van der Waals surface area (Å²) < 4.78 is 10.5. The van der Waals surface area contributed by atoms with E-state index in [0.717, 1.165) is 11.3 Å². The van der Waals surface area contributed by atoms with Gasteiger partial charge in [-0.2, -0.15) is 0 Å². The van der Waals surface area contributed by atoms with Crippen LogP contribution in [0.25, 0.3) is 0 Å². The fraction of sp³-hybridized carbons (Fsp3) is 0.333. The standard InChI is InChI=1S/C15H18ClNO3/c1-10(12-8-11(16)5-6-14(12)19-2)17-9-13(18)15-4-3-7-20-15/h3-8,10,13,17-18H,9H2,1-2H3/t10-,13-/m1/s1. The van der Waals surface area contributed by atoms with Gasteiger partial charge >= 0.3 is 0 Å². The average Bonchev–Trinajstić information content (AvgIpc) is 2.98. The number of furan rings is 1. The number of rotatable bonds is 6. The summed E-state index contributed by atoms with van der Waals surface area (Å²) in [4.78, 5) is 0. The Morgan fingerprint density at radius 1 is 1.40 bits per heavy atom. The van der Waals surface area contributed by atoms with E-state index in [4.69, 9.17) is 20.8 Å². The molecule has 0 aliphatic rings. The molecule has 2 atom stereocenters. The smallest absolute Gasteiger partial charge is 0.133 e. The number of ether oxygens (including phenoxy) is 1. The van der Waals surface area contributed by atoms with Crippen molar-refractivity contribution in [2.45, 2.75) is 19.1 Å². The van der Waals surface area contributed by atoms with E-state index in [-0.39, 0.29) is 6.04 Å². The number of aliphatic hydroxyl groups excluding tert-OH is 1. The van der Waals surface area contributed by atoms with Crippen molar-refractivity contribution in [3.8, 4) is 5.75 Å². The number of nitrogens with one attached hydrogen (secondary N) is 1. The Bertz CT molecular complexity index is 542. The van der Waals surface area contributed by atoms with Gasteiger partial charge in [-0.1, -0.05) is 11.6 Å². The molecule has 108 valence electrons. The minimum atomic E-state index is -0.683. The van der Waals surface area contributed by atoms with E-state index < -0.39 is 6.10 Å². The zero-order valence-electron chi connectivity index (χ0n) is 11.5. The fourth-order valence-corrected chi connectivity index (χ4v) is 2.20. The molecule has 0 bridgehead atoms. The lowest BCUT2D eigenvalue weighted by molar-refractivity contribution is 0.144. The molecule has 0 aliphatic heterocycles. The molecule has 4 nitrogen and oxygen atoms in total. The second-order valence-corrected chi connectivity index (χ2v) is 4.98. The first-order chi connectivity index (χ1) is 9.61. The van der Waals surface area contributed by atoms with Crippen molar-refractivity contribution < 1.29 is 14.3 Å². The number of hydrogen-bond donors (Lipinski definition) is 2. The second kappa shape index (κ2) is 6.79. The normalized spacial score (nSPS) is 14.0. The number of methoxy groups -OCH3 is 1. The van der Waals surface area contributed by atoms with Crippen LogP contribution in [0.3, 0.4) is 0 Å². The number of hydrogen-bond acceptors (Lipinski definition) is 4. The number of aliphatic hydroxyl groups is 1. The van der Waals surface area contributed by atoms with Gasteiger partial charge in [-0.25, -0.2) is 0 Å². The molecule has 0 amide bonds. The van der Waals surface area contributed by atoms with Gasteiger partial charge in [0, 0.05) is 23.2 Å². The predicted octanol–water partition coefficient (Wildman–Crippen LogP) is 3.33. The predicted molar refractivity (Wildman–Crippen MR) is 78.1 cm³/mol. The van der Waals surface area contributed by atoms with Crippen LogP contribution in [0.5, 0.6) is 5.75 Å². The highest BCUT2D eigenvalue weighted by molar-refractivity contribution is 6.30. The lowest BCUT2D eigenvalue weighted by Gasteiger charge is -2.19. The van der Waals surface area contributed by atoms with Gasteiger partial charge in [0.15, 0.2) is 0 Å². The molecule has 2 N–H and O–H groups in total. The lowest BCUT2D eigenvalue weighted by atomic mass is 10.1. The van der Waals surface area contributed by atoms with Crippen LogP contribution in [-0.2, 0) is 0 Å². The van der Waals surface area contributed by atoms with Gasteiger partial charge in [-0.05, 0) is 37.3 Å². The first-order valence-corrected chi connectivity index (χ1v) is 6.78. The van der Waals surface area contributed by atoms with Gasteiger partial charge in [0.25, 0.3) is 0 Å². The Balaban J connectivity index is 2.01. The fourth-order valence-electron chi connectivity index (χ4n) is 2.02. The van der Waals surface area contributed by atoms with Crippen molar-refractivity contribution in [3.63, 3.8) is 0 Å². The molecule has 0 saturated carbocycles. The SMILES string of the molecule is COc1ccc(Cl)cc1[C@@H](C)NC[C@@H](O)c1ccco1. The molecule has 20 heavy (non-hydrogen) atoms. The van der Waals surface area contributed by atoms with Crippen LogP contribution in [0, 0.1) is 0 Å². The maximum atomic E-state index is 9.97. The quantitative estimate of drug-likeness (QED) is 0.858. The molecule has 0 saturated heterocycles. The minimum absolute atomic E-state index is 0.00624. The molecule has 5 heteroatoms. The van der Waals surface area contributed by atoms with Crippen LogP contribution in [0.15, 0.2) is 41.0 Å². The third-order valence-corrected chi connectivity index (χ3v) is 3.38. The summed E-state index contributed by atoms with van der Waals surface area (Å²) in [6, 6.07) is 8.97. The zero-order chi connectivity index (χ0) is 14.5. The van der Waals surface area contributed by atoms with Crippen LogP contribution in [0.1, 0.15) is 30.4 Å². The molecule has 2 rings (SSSR count). The van der Waals surface area contributed by atoms with E-state index >= 15 is 0 Å².